The molecule has 1 saturated heterocycles. The maximum Gasteiger partial charge on any atom is 0.161 e. The molecule has 1 fully saturated rings. The number of ether oxygens (including phenoxy) is 1. The Kier molecular flexibility index (Phi) is 3.40. The Balaban J connectivity index is 2.28. The van der Waals surface area contributed by atoms with Crippen LogP contribution in [0.25, 0.3) is 0 Å². The number of halogens is 4. The third-order valence-corrected chi connectivity index (χ3v) is 3.14. The lowest BCUT2D eigenvalue weighted by Crippen LogP contribution is -2.14. The van der Waals surface area contributed by atoms with E-state index in [1.807, 2.05) is 0 Å². The maximum atomic E-state index is 13.4. The van der Waals surface area contributed by atoms with E-state index in [9.17, 15) is 13.2 Å². The number of benzene rings is 1. The molecule has 1 aromatic carbocycles. The smallest absolute Gasteiger partial charge is 0.161 e. The van der Waals surface area contributed by atoms with Crippen LogP contribution in [0.2, 0.25) is 0 Å². The molecule has 1 aromatic rings. The van der Waals surface area contributed by atoms with Gasteiger partial charge in [-0.2, -0.15) is 0 Å². The Bertz CT molecular complexity index is 391. The van der Waals surface area contributed by atoms with E-state index in [1.165, 1.54) is 0 Å². The van der Waals surface area contributed by atoms with E-state index in [1.54, 1.807) is 0 Å². The summed E-state index contributed by atoms with van der Waals surface area (Å²) in [7, 11) is 0. The van der Waals surface area contributed by atoms with Gasteiger partial charge in [-0.1, -0.05) is 0 Å². The van der Waals surface area contributed by atoms with Crippen molar-refractivity contribution in [1.82, 2.24) is 0 Å². The van der Waals surface area contributed by atoms with Crippen molar-refractivity contribution in [2.75, 3.05) is 6.61 Å². The molecule has 0 spiro atoms. The number of alkyl halides is 1. The molecule has 0 radical (unpaired) electrons. The molecule has 2 rings (SSSR count). The van der Waals surface area contributed by atoms with E-state index >= 15 is 0 Å². The van der Waals surface area contributed by atoms with Gasteiger partial charge in [0.05, 0.1) is 11.5 Å². The van der Waals surface area contributed by atoms with Gasteiger partial charge in [0.2, 0.25) is 0 Å². The molecule has 0 amide bonds. The van der Waals surface area contributed by atoms with Gasteiger partial charge in [0.15, 0.2) is 11.6 Å². The minimum Gasteiger partial charge on any atom is -0.376 e. The highest BCUT2D eigenvalue weighted by Gasteiger charge is 2.28. The lowest BCUT2D eigenvalue weighted by atomic mass is 10.0. The van der Waals surface area contributed by atoms with Gasteiger partial charge in [-0.25, -0.2) is 13.2 Å². The van der Waals surface area contributed by atoms with E-state index in [0.717, 1.165) is 12.5 Å². The van der Waals surface area contributed by atoms with Crippen LogP contribution in [-0.4, -0.2) is 12.7 Å². The van der Waals surface area contributed by atoms with Crippen LogP contribution in [0, 0.1) is 17.5 Å². The Labute approximate surface area is 96.2 Å². The normalized spacial score (nSPS) is 22.4. The Morgan fingerprint density at radius 1 is 1.19 bits per heavy atom. The zero-order valence-electron chi connectivity index (χ0n) is 8.35. The van der Waals surface area contributed by atoms with Crippen LogP contribution in [-0.2, 0) is 4.74 Å². The summed E-state index contributed by atoms with van der Waals surface area (Å²) >= 11 is 5.99. The summed E-state index contributed by atoms with van der Waals surface area (Å²) < 4.78 is 44.3. The fraction of sp³-hybridized carbons (Fsp3) is 0.455. The zero-order chi connectivity index (χ0) is 11.7. The molecule has 1 aliphatic rings. The van der Waals surface area contributed by atoms with Crippen molar-refractivity contribution >= 4 is 11.6 Å². The van der Waals surface area contributed by atoms with Gasteiger partial charge in [0, 0.05) is 18.2 Å². The van der Waals surface area contributed by atoms with Crippen molar-refractivity contribution in [3.63, 3.8) is 0 Å². The van der Waals surface area contributed by atoms with Gasteiger partial charge in [-0.05, 0) is 18.9 Å². The van der Waals surface area contributed by atoms with Crippen LogP contribution in [0.15, 0.2) is 12.1 Å². The third kappa shape index (κ3) is 2.18. The molecule has 88 valence electrons. The summed E-state index contributed by atoms with van der Waals surface area (Å²) in [6.07, 6.45) is 1.22. The van der Waals surface area contributed by atoms with Gasteiger partial charge in [-0.3, -0.25) is 0 Å². The molecule has 0 N–H and O–H groups in total. The molecular formula is C11H10ClF3O. The van der Waals surface area contributed by atoms with Crippen molar-refractivity contribution in [3.8, 4) is 0 Å². The molecule has 2 unspecified atom stereocenters. The highest BCUT2D eigenvalue weighted by molar-refractivity contribution is 6.21. The van der Waals surface area contributed by atoms with Gasteiger partial charge in [-0.15, -0.1) is 11.6 Å². The monoisotopic (exact) mass is 250 g/mol. The number of hydrogen-bond donors (Lipinski definition) is 0. The largest absolute Gasteiger partial charge is 0.376 e. The topological polar surface area (TPSA) is 9.23 Å². The van der Waals surface area contributed by atoms with Gasteiger partial charge in [0.1, 0.15) is 5.82 Å². The molecule has 1 nitrogen and oxygen atoms in total. The van der Waals surface area contributed by atoms with E-state index in [4.69, 9.17) is 16.3 Å². The molecule has 5 heteroatoms. The van der Waals surface area contributed by atoms with Gasteiger partial charge < -0.3 is 4.74 Å². The molecule has 1 aliphatic heterocycles. The van der Waals surface area contributed by atoms with Crippen LogP contribution in [0.5, 0.6) is 0 Å². The second-order valence-electron chi connectivity index (χ2n) is 3.74. The predicted molar refractivity (Wildman–Crippen MR) is 53.9 cm³/mol. The first-order valence-corrected chi connectivity index (χ1v) is 5.43. The first-order valence-electron chi connectivity index (χ1n) is 4.99. The molecule has 2 atom stereocenters. The molecular weight excluding hydrogens is 241 g/mol. The SMILES string of the molecule is Fc1cc(F)c(C(Cl)C2CCCO2)cc1F. The second-order valence-corrected chi connectivity index (χ2v) is 4.21. The number of hydrogen-bond acceptors (Lipinski definition) is 1. The molecule has 16 heavy (non-hydrogen) atoms. The van der Waals surface area contributed by atoms with Crippen LogP contribution in [0.3, 0.4) is 0 Å². The van der Waals surface area contributed by atoms with Crippen LogP contribution in [0.1, 0.15) is 23.8 Å². The van der Waals surface area contributed by atoms with Crippen LogP contribution >= 0.6 is 11.6 Å². The lowest BCUT2D eigenvalue weighted by Gasteiger charge is -2.17. The first-order chi connectivity index (χ1) is 7.59. The van der Waals surface area contributed by atoms with Crippen molar-refractivity contribution in [3.05, 3.63) is 35.1 Å². The fourth-order valence-corrected chi connectivity index (χ4v) is 2.15. The molecule has 0 aromatic heterocycles. The Hall–Kier alpha value is -0.740. The lowest BCUT2D eigenvalue weighted by molar-refractivity contribution is 0.106. The Morgan fingerprint density at radius 3 is 2.50 bits per heavy atom. The minimum atomic E-state index is -1.21. The minimum absolute atomic E-state index is 0.0486. The van der Waals surface area contributed by atoms with Gasteiger partial charge in [0.25, 0.3) is 0 Å². The van der Waals surface area contributed by atoms with Crippen molar-refractivity contribution < 1.29 is 17.9 Å². The summed E-state index contributed by atoms with van der Waals surface area (Å²) in [5.74, 6) is -3.15. The first kappa shape index (κ1) is 11.7. The van der Waals surface area contributed by atoms with Crippen molar-refractivity contribution in [1.29, 1.82) is 0 Å². The predicted octanol–water partition coefficient (Wildman–Crippen LogP) is 3.56. The fourth-order valence-electron chi connectivity index (χ4n) is 1.78. The third-order valence-electron chi connectivity index (χ3n) is 2.63. The van der Waals surface area contributed by atoms with E-state index in [-0.39, 0.29) is 11.7 Å². The van der Waals surface area contributed by atoms with E-state index in [0.29, 0.717) is 19.1 Å². The Morgan fingerprint density at radius 2 is 1.88 bits per heavy atom. The number of rotatable bonds is 2. The summed E-state index contributed by atoms with van der Waals surface area (Å²) in [5.41, 5.74) is -0.0486. The summed E-state index contributed by atoms with van der Waals surface area (Å²) in [6.45, 7) is 0.569. The van der Waals surface area contributed by atoms with Crippen molar-refractivity contribution in [2.24, 2.45) is 0 Å². The molecule has 0 aliphatic carbocycles. The highest BCUT2D eigenvalue weighted by atomic mass is 35.5. The van der Waals surface area contributed by atoms with Crippen molar-refractivity contribution in [2.45, 2.75) is 24.3 Å². The van der Waals surface area contributed by atoms with E-state index < -0.39 is 22.8 Å². The van der Waals surface area contributed by atoms with Gasteiger partial charge >= 0.3 is 0 Å². The summed E-state index contributed by atoms with van der Waals surface area (Å²) in [5, 5.41) is -0.780. The molecule has 1 heterocycles. The average molecular weight is 251 g/mol. The highest BCUT2D eigenvalue weighted by Crippen LogP contribution is 2.34. The quantitative estimate of drug-likeness (QED) is 0.576. The molecule has 0 saturated carbocycles. The summed E-state index contributed by atoms with van der Waals surface area (Å²) in [4.78, 5) is 0. The van der Waals surface area contributed by atoms with Crippen LogP contribution < -0.4 is 0 Å². The zero-order valence-corrected chi connectivity index (χ0v) is 9.11. The van der Waals surface area contributed by atoms with E-state index in [2.05, 4.69) is 0 Å². The molecule has 0 bridgehead atoms. The standard InChI is InChI=1S/C11H10ClF3O/c12-11(10-2-1-3-16-10)6-4-8(14)9(15)5-7(6)13/h4-5,10-11H,1-3H2. The average Bonchev–Trinajstić information content (AvgIpc) is 2.75. The second kappa shape index (κ2) is 4.63. The van der Waals surface area contributed by atoms with Crippen LogP contribution in [0.4, 0.5) is 13.2 Å². The maximum absolute atomic E-state index is 13.4. The summed E-state index contributed by atoms with van der Waals surface area (Å²) in [6, 6.07) is 1.30.